The quantitative estimate of drug-likeness (QED) is 0.359. The summed E-state index contributed by atoms with van der Waals surface area (Å²) in [6.07, 6.45) is 1.10. The van der Waals surface area contributed by atoms with Gasteiger partial charge in [0.15, 0.2) is 5.78 Å². The summed E-state index contributed by atoms with van der Waals surface area (Å²) in [6, 6.07) is 2.74. The van der Waals surface area contributed by atoms with Crippen molar-refractivity contribution < 1.29 is 23.1 Å². The molecule has 0 spiro atoms. The average molecular weight is 254 g/mol. The highest BCUT2D eigenvalue weighted by atomic mass is 19.1. The van der Waals surface area contributed by atoms with Crippen LogP contribution in [0.2, 0.25) is 0 Å². The van der Waals surface area contributed by atoms with Crippen LogP contribution >= 0.6 is 0 Å². The fraction of sp³-hybridized carbons (Fsp3) is 0.231. The molecular weight excluding hydrogens is 242 g/mol. The molecule has 0 bridgehead atoms. The Balaban J connectivity index is 3.16. The van der Waals surface area contributed by atoms with E-state index in [1.807, 2.05) is 0 Å². The van der Waals surface area contributed by atoms with Crippen molar-refractivity contribution in [1.29, 1.82) is 0 Å². The van der Waals surface area contributed by atoms with Crippen molar-refractivity contribution in [3.05, 3.63) is 41.0 Å². The number of esters is 1. The molecule has 0 heterocycles. The lowest BCUT2D eigenvalue weighted by molar-refractivity contribution is -0.139. The summed E-state index contributed by atoms with van der Waals surface area (Å²) in [4.78, 5) is 22.7. The van der Waals surface area contributed by atoms with Gasteiger partial charge in [-0.3, -0.25) is 4.79 Å². The van der Waals surface area contributed by atoms with Crippen LogP contribution in [0.15, 0.2) is 23.8 Å². The van der Waals surface area contributed by atoms with Crippen molar-refractivity contribution in [2.24, 2.45) is 0 Å². The molecule has 3 nitrogen and oxygen atoms in total. The number of ether oxygens (including phenoxy) is 1. The Morgan fingerprint density at radius 3 is 2.22 bits per heavy atom. The fourth-order valence-electron chi connectivity index (χ4n) is 1.34. The third kappa shape index (κ3) is 3.76. The maximum absolute atomic E-state index is 13.0. The van der Waals surface area contributed by atoms with Gasteiger partial charge in [0.25, 0.3) is 0 Å². The zero-order valence-corrected chi connectivity index (χ0v) is 10.00. The van der Waals surface area contributed by atoms with Gasteiger partial charge in [-0.05, 0) is 37.6 Å². The largest absolute Gasteiger partial charge is 0.462 e. The third-order valence-electron chi connectivity index (χ3n) is 2.07. The second kappa shape index (κ2) is 6.05. The van der Waals surface area contributed by atoms with Gasteiger partial charge in [-0.1, -0.05) is 0 Å². The highest BCUT2D eigenvalue weighted by molar-refractivity contribution is 6.19. The minimum absolute atomic E-state index is 0.0887. The van der Waals surface area contributed by atoms with Crippen LogP contribution in [0.5, 0.6) is 0 Å². The highest BCUT2D eigenvalue weighted by Gasteiger charge is 2.15. The number of Topliss-reactive ketones (excluding diaryl/α,β-unsaturated/α-hetero) is 1. The first kappa shape index (κ1) is 14.0. The van der Waals surface area contributed by atoms with Crippen molar-refractivity contribution >= 4 is 17.8 Å². The Kier molecular flexibility index (Phi) is 4.71. The van der Waals surface area contributed by atoms with Crippen molar-refractivity contribution in [3.63, 3.8) is 0 Å². The summed E-state index contributed by atoms with van der Waals surface area (Å²) in [5, 5.41) is 0. The van der Waals surface area contributed by atoms with E-state index in [1.165, 1.54) is 6.92 Å². The zero-order valence-electron chi connectivity index (χ0n) is 10.00. The first-order valence-corrected chi connectivity index (χ1v) is 5.30. The normalized spacial score (nSPS) is 11.2. The molecule has 18 heavy (non-hydrogen) atoms. The summed E-state index contributed by atoms with van der Waals surface area (Å²) in [7, 11) is 0. The predicted octanol–water partition coefficient (Wildman–Crippen LogP) is 2.50. The van der Waals surface area contributed by atoms with Gasteiger partial charge in [-0.2, -0.15) is 0 Å². The molecule has 0 amide bonds. The van der Waals surface area contributed by atoms with Crippen LogP contribution < -0.4 is 0 Å². The van der Waals surface area contributed by atoms with Crippen molar-refractivity contribution in [2.75, 3.05) is 6.61 Å². The minimum Gasteiger partial charge on any atom is -0.462 e. The number of carbonyl (C=O) groups is 2. The Bertz CT molecular complexity index is 487. The molecule has 0 aliphatic carbocycles. The summed E-state index contributed by atoms with van der Waals surface area (Å²) < 4.78 is 30.6. The monoisotopic (exact) mass is 254 g/mol. The van der Waals surface area contributed by atoms with Crippen LogP contribution in [0.1, 0.15) is 19.4 Å². The second-order valence-electron chi connectivity index (χ2n) is 3.54. The van der Waals surface area contributed by atoms with E-state index in [1.54, 1.807) is 6.92 Å². The number of rotatable bonds is 4. The summed E-state index contributed by atoms with van der Waals surface area (Å²) in [6.45, 7) is 2.89. The smallest absolute Gasteiger partial charge is 0.341 e. The molecule has 0 fully saturated rings. The van der Waals surface area contributed by atoms with Crippen LogP contribution in [-0.4, -0.2) is 18.4 Å². The van der Waals surface area contributed by atoms with Crippen LogP contribution in [-0.2, 0) is 14.3 Å². The van der Waals surface area contributed by atoms with Crippen LogP contribution in [0.4, 0.5) is 8.78 Å². The maximum Gasteiger partial charge on any atom is 0.341 e. The number of ketones is 1. The van der Waals surface area contributed by atoms with Gasteiger partial charge in [-0.25, -0.2) is 13.6 Å². The molecular formula is C13H12F2O3. The molecule has 0 N–H and O–H groups in total. The number of hydrogen-bond acceptors (Lipinski definition) is 3. The molecule has 0 atom stereocenters. The van der Waals surface area contributed by atoms with E-state index in [2.05, 4.69) is 4.74 Å². The molecule has 0 aromatic heterocycles. The molecule has 0 radical (unpaired) electrons. The molecule has 5 heteroatoms. The fourth-order valence-corrected chi connectivity index (χ4v) is 1.34. The van der Waals surface area contributed by atoms with E-state index in [4.69, 9.17) is 0 Å². The van der Waals surface area contributed by atoms with Crippen LogP contribution in [0, 0.1) is 11.6 Å². The van der Waals surface area contributed by atoms with E-state index in [0.717, 1.165) is 18.2 Å². The molecule has 0 unspecified atom stereocenters. The summed E-state index contributed by atoms with van der Waals surface area (Å²) >= 11 is 0. The van der Waals surface area contributed by atoms with Gasteiger partial charge >= 0.3 is 5.97 Å². The van der Waals surface area contributed by atoms with Gasteiger partial charge < -0.3 is 4.74 Å². The van der Waals surface area contributed by atoms with E-state index < -0.39 is 23.4 Å². The zero-order chi connectivity index (χ0) is 13.7. The lowest BCUT2D eigenvalue weighted by Crippen LogP contribution is -2.13. The molecule has 0 saturated heterocycles. The Morgan fingerprint density at radius 2 is 1.78 bits per heavy atom. The second-order valence-corrected chi connectivity index (χ2v) is 3.54. The number of carbonyl (C=O) groups excluding carboxylic acids is 2. The van der Waals surface area contributed by atoms with Gasteiger partial charge in [0.05, 0.1) is 6.61 Å². The molecule has 0 aliphatic rings. The van der Waals surface area contributed by atoms with Gasteiger partial charge in [0, 0.05) is 6.07 Å². The lowest BCUT2D eigenvalue weighted by atomic mass is 10.1. The molecule has 0 aliphatic heterocycles. The first-order chi connectivity index (χ1) is 8.43. The number of benzene rings is 1. The summed E-state index contributed by atoms with van der Waals surface area (Å²) in [5.74, 6) is -2.91. The van der Waals surface area contributed by atoms with Crippen LogP contribution in [0.3, 0.4) is 0 Å². The highest BCUT2D eigenvalue weighted by Crippen LogP contribution is 2.13. The topological polar surface area (TPSA) is 43.4 Å². The first-order valence-electron chi connectivity index (χ1n) is 5.30. The minimum atomic E-state index is -0.810. The molecule has 96 valence electrons. The lowest BCUT2D eigenvalue weighted by Gasteiger charge is -2.04. The van der Waals surface area contributed by atoms with Crippen molar-refractivity contribution in [3.8, 4) is 0 Å². The van der Waals surface area contributed by atoms with Crippen molar-refractivity contribution in [1.82, 2.24) is 0 Å². The Hall–Kier alpha value is -2.04. The standard InChI is InChI=1S/C13H12F2O3/c1-3-18-13(17)12(8(2)16)6-9-4-10(14)7-11(15)5-9/h4-7H,3H2,1-2H3/b12-6+. The van der Waals surface area contributed by atoms with Gasteiger partial charge in [0.1, 0.15) is 17.2 Å². The van der Waals surface area contributed by atoms with E-state index in [9.17, 15) is 18.4 Å². The predicted molar refractivity (Wildman–Crippen MR) is 61.6 cm³/mol. The number of halogens is 2. The van der Waals surface area contributed by atoms with E-state index in [-0.39, 0.29) is 17.7 Å². The SMILES string of the molecule is CCOC(=O)/C(=C/c1cc(F)cc(F)c1)C(C)=O. The molecule has 1 aromatic rings. The van der Waals surface area contributed by atoms with Crippen LogP contribution in [0.25, 0.3) is 6.08 Å². The van der Waals surface area contributed by atoms with E-state index in [0.29, 0.717) is 6.07 Å². The Morgan fingerprint density at radius 1 is 1.22 bits per heavy atom. The van der Waals surface area contributed by atoms with Crippen molar-refractivity contribution in [2.45, 2.75) is 13.8 Å². The third-order valence-corrected chi connectivity index (χ3v) is 2.07. The number of hydrogen-bond donors (Lipinski definition) is 0. The van der Waals surface area contributed by atoms with Gasteiger partial charge in [-0.15, -0.1) is 0 Å². The van der Waals surface area contributed by atoms with Gasteiger partial charge in [0.2, 0.25) is 0 Å². The maximum atomic E-state index is 13.0. The summed E-state index contributed by atoms with van der Waals surface area (Å²) in [5.41, 5.74) is -0.160. The average Bonchev–Trinajstić information content (AvgIpc) is 2.24. The molecule has 1 aromatic carbocycles. The van der Waals surface area contributed by atoms with E-state index >= 15 is 0 Å². The molecule has 1 rings (SSSR count). The Labute approximate surface area is 103 Å². The molecule has 0 saturated carbocycles.